The molecule has 0 radical (unpaired) electrons. The van der Waals surface area contributed by atoms with E-state index in [1.165, 1.54) is 6.07 Å². The van der Waals surface area contributed by atoms with Crippen molar-refractivity contribution in [2.45, 2.75) is 53.0 Å². The molecule has 2 atom stereocenters. The van der Waals surface area contributed by atoms with E-state index < -0.39 is 29.5 Å². The normalized spacial score (nSPS) is 12.8. The fourth-order valence-corrected chi connectivity index (χ4v) is 3.33. The zero-order valence-electron chi connectivity index (χ0n) is 18.8. The van der Waals surface area contributed by atoms with Gasteiger partial charge in [-0.05, 0) is 42.5 Å². The minimum Gasteiger partial charge on any atom is -0.483 e. The summed E-state index contributed by atoms with van der Waals surface area (Å²) in [5.41, 5.74) is 1.52. The van der Waals surface area contributed by atoms with Gasteiger partial charge in [0, 0.05) is 6.07 Å². The Hall–Kier alpha value is -3.36. The number of rotatable bonds is 11. The average molecular weight is 447 g/mol. The third-order valence-corrected chi connectivity index (χ3v) is 5.15. The van der Waals surface area contributed by atoms with Crippen LogP contribution < -0.4 is 21.0 Å². The molecule has 0 saturated carbocycles. The maximum Gasteiger partial charge on any atom is 0.336 e. The van der Waals surface area contributed by atoms with Gasteiger partial charge in [-0.1, -0.05) is 33.6 Å². The number of hydrogen-bond acceptors (Lipinski definition) is 6. The summed E-state index contributed by atoms with van der Waals surface area (Å²) in [5, 5.41) is 14.7. The number of carbonyl (C=O) groups excluding carboxylic acids is 2. The van der Waals surface area contributed by atoms with Gasteiger partial charge in [0.15, 0.2) is 6.61 Å². The molecule has 9 heteroatoms. The van der Waals surface area contributed by atoms with Crippen LogP contribution in [0.25, 0.3) is 11.0 Å². The highest BCUT2D eigenvalue weighted by Crippen LogP contribution is 2.30. The molecular formula is C23H30N2O7. The summed E-state index contributed by atoms with van der Waals surface area (Å²) >= 11 is 0. The van der Waals surface area contributed by atoms with Crippen molar-refractivity contribution in [2.75, 3.05) is 13.2 Å². The van der Waals surface area contributed by atoms with Crippen LogP contribution in [0.15, 0.2) is 27.4 Å². The van der Waals surface area contributed by atoms with Crippen LogP contribution in [0, 0.1) is 12.8 Å². The molecule has 3 N–H and O–H groups in total. The lowest BCUT2D eigenvalue weighted by Crippen LogP contribution is -2.48. The van der Waals surface area contributed by atoms with Crippen LogP contribution in [0.3, 0.4) is 0 Å². The summed E-state index contributed by atoms with van der Waals surface area (Å²) in [6, 6.07) is 3.90. The second-order valence-corrected chi connectivity index (χ2v) is 7.81. The number of hydrogen-bond donors (Lipinski definition) is 3. The summed E-state index contributed by atoms with van der Waals surface area (Å²) in [6.07, 6.45) is 2.05. The second-order valence-electron chi connectivity index (χ2n) is 7.81. The zero-order chi connectivity index (χ0) is 23.8. The Labute approximate surface area is 186 Å². The summed E-state index contributed by atoms with van der Waals surface area (Å²) in [6.45, 7) is 6.64. The van der Waals surface area contributed by atoms with E-state index in [9.17, 15) is 24.3 Å². The quantitative estimate of drug-likeness (QED) is 0.450. The van der Waals surface area contributed by atoms with Crippen LogP contribution >= 0.6 is 0 Å². The van der Waals surface area contributed by atoms with Gasteiger partial charge < -0.3 is 24.9 Å². The van der Waals surface area contributed by atoms with Crippen LogP contribution in [0.2, 0.25) is 0 Å². The smallest absolute Gasteiger partial charge is 0.336 e. The number of aryl methyl sites for hydroxylation is 2. The minimum atomic E-state index is -1.12. The molecule has 0 aliphatic carbocycles. The van der Waals surface area contributed by atoms with Gasteiger partial charge in [-0.25, -0.2) is 9.59 Å². The first-order chi connectivity index (χ1) is 15.2. The van der Waals surface area contributed by atoms with E-state index in [1.807, 2.05) is 20.8 Å². The van der Waals surface area contributed by atoms with Crippen LogP contribution in [-0.2, 0) is 20.8 Å². The van der Waals surface area contributed by atoms with Crippen molar-refractivity contribution < 1.29 is 28.6 Å². The van der Waals surface area contributed by atoms with E-state index in [4.69, 9.17) is 9.15 Å². The largest absolute Gasteiger partial charge is 0.483 e. The molecule has 1 aromatic heterocycles. The van der Waals surface area contributed by atoms with E-state index >= 15 is 0 Å². The van der Waals surface area contributed by atoms with Crippen molar-refractivity contribution in [2.24, 2.45) is 5.92 Å². The SMILES string of the molecule is CCCc1cc(=O)oc2cc(C)cc(OCC(=O)NCC(=O)N[C@@H](C(=O)O)[C@H](C)CC)c12. The van der Waals surface area contributed by atoms with E-state index in [-0.39, 0.29) is 19.1 Å². The maximum atomic E-state index is 12.2. The lowest BCUT2D eigenvalue weighted by atomic mass is 9.99. The molecule has 0 fully saturated rings. The van der Waals surface area contributed by atoms with Crippen molar-refractivity contribution in [3.05, 3.63) is 39.7 Å². The third kappa shape index (κ3) is 6.57. The molecule has 0 aliphatic rings. The van der Waals surface area contributed by atoms with E-state index in [2.05, 4.69) is 10.6 Å². The van der Waals surface area contributed by atoms with Crippen LogP contribution in [-0.4, -0.2) is 42.1 Å². The maximum absolute atomic E-state index is 12.2. The molecule has 0 unspecified atom stereocenters. The molecule has 2 aromatic rings. The second kappa shape index (κ2) is 11.3. The van der Waals surface area contributed by atoms with Gasteiger partial charge in [0.1, 0.15) is 17.4 Å². The minimum absolute atomic E-state index is 0.248. The number of aliphatic carboxylic acids is 1. The molecule has 32 heavy (non-hydrogen) atoms. The highest BCUT2D eigenvalue weighted by Gasteiger charge is 2.25. The van der Waals surface area contributed by atoms with E-state index in [0.717, 1.165) is 17.5 Å². The monoisotopic (exact) mass is 446 g/mol. The highest BCUT2D eigenvalue weighted by molar-refractivity contribution is 5.90. The molecule has 9 nitrogen and oxygen atoms in total. The molecule has 0 bridgehead atoms. The first-order valence-electron chi connectivity index (χ1n) is 10.6. The van der Waals surface area contributed by atoms with Gasteiger partial charge in [0.05, 0.1) is 11.9 Å². The molecule has 2 amide bonds. The Morgan fingerprint density at radius 2 is 1.88 bits per heavy atom. The summed E-state index contributed by atoms with van der Waals surface area (Å²) in [5.74, 6) is -2.10. The molecule has 1 aromatic carbocycles. The lowest BCUT2D eigenvalue weighted by molar-refractivity contribution is -0.143. The van der Waals surface area contributed by atoms with Crippen molar-refractivity contribution in [1.29, 1.82) is 0 Å². The number of nitrogens with one attached hydrogen (secondary N) is 2. The molecule has 2 rings (SSSR count). The fraction of sp³-hybridized carbons (Fsp3) is 0.478. The van der Waals surface area contributed by atoms with Crippen molar-refractivity contribution >= 4 is 28.8 Å². The van der Waals surface area contributed by atoms with Crippen molar-refractivity contribution in [3.8, 4) is 5.75 Å². The first kappa shape index (κ1) is 24.9. The van der Waals surface area contributed by atoms with Crippen LogP contribution in [0.1, 0.15) is 44.7 Å². The van der Waals surface area contributed by atoms with Gasteiger partial charge in [0.2, 0.25) is 5.91 Å². The Balaban J connectivity index is 2.04. The number of carboxylic acid groups (broad SMARTS) is 1. The third-order valence-electron chi connectivity index (χ3n) is 5.15. The topological polar surface area (TPSA) is 135 Å². The van der Waals surface area contributed by atoms with Gasteiger partial charge >= 0.3 is 11.6 Å². The molecule has 174 valence electrons. The predicted molar refractivity (Wildman–Crippen MR) is 119 cm³/mol. The van der Waals surface area contributed by atoms with Crippen LogP contribution in [0.5, 0.6) is 5.75 Å². The van der Waals surface area contributed by atoms with Gasteiger partial charge in [0.25, 0.3) is 5.91 Å². The number of carbonyl (C=O) groups is 3. The average Bonchev–Trinajstić information content (AvgIpc) is 2.73. The molecule has 0 saturated heterocycles. The summed E-state index contributed by atoms with van der Waals surface area (Å²) in [7, 11) is 0. The standard InChI is InChI=1S/C23H30N2O7/c1-5-7-15-10-20(28)32-17-9-13(3)8-16(21(15)17)31-12-19(27)24-11-18(26)25-22(23(29)30)14(4)6-2/h8-10,14,22H,5-7,11-12H2,1-4H3,(H,24,27)(H,25,26)(H,29,30)/t14-,22-/m1/s1. The zero-order valence-corrected chi connectivity index (χ0v) is 18.8. The number of benzene rings is 1. The Morgan fingerprint density at radius 1 is 1.16 bits per heavy atom. The van der Waals surface area contributed by atoms with Crippen molar-refractivity contribution in [1.82, 2.24) is 10.6 Å². The van der Waals surface area contributed by atoms with Crippen LogP contribution in [0.4, 0.5) is 0 Å². The van der Waals surface area contributed by atoms with Gasteiger partial charge in [-0.2, -0.15) is 0 Å². The number of amides is 2. The predicted octanol–water partition coefficient (Wildman–Crippen LogP) is 2.16. The van der Waals surface area contributed by atoms with E-state index in [0.29, 0.717) is 29.6 Å². The Morgan fingerprint density at radius 3 is 2.50 bits per heavy atom. The fourth-order valence-electron chi connectivity index (χ4n) is 3.33. The van der Waals surface area contributed by atoms with Gasteiger partial charge in [-0.3, -0.25) is 9.59 Å². The Bertz CT molecular complexity index is 1040. The Kier molecular flexibility index (Phi) is 8.80. The number of carboxylic acids is 1. The molecule has 0 aliphatic heterocycles. The lowest BCUT2D eigenvalue weighted by Gasteiger charge is -2.20. The van der Waals surface area contributed by atoms with Crippen molar-refractivity contribution in [3.63, 3.8) is 0 Å². The first-order valence-corrected chi connectivity index (χ1v) is 10.6. The van der Waals surface area contributed by atoms with Gasteiger partial charge in [-0.15, -0.1) is 0 Å². The number of ether oxygens (including phenoxy) is 1. The van der Waals surface area contributed by atoms with E-state index in [1.54, 1.807) is 19.1 Å². The molecular weight excluding hydrogens is 416 g/mol. The molecule has 0 spiro atoms. The summed E-state index contributed by atoms with van der Waals surface area (Å²) < 4.78 is 11.0. The highest BCUT2D eigenvalue weighted by atomic mass is 16.5. The summed E-state index contributed by atoms with van der Waals surface area (Å²) in [4.78, 5) is 47.4. The number of fused-ring (bicyclic) bond motifs is 1. The molecule has 1 heterocycles.